The summed E-state index contributed by atoms with van der Waals surface area (Å²) >= 11 is 1.49. The highest BCUT2D eigenvalue weighted by Crippen LogP contribution is 2.30. The van der Waals surface area contributed by atoms with Gasteiger partial charge < -0.3 is 4.74 Å². The van der Waals surface area contributed by atoms with E-state index in [-0.39, 0.29) is 23.2 Å². The second-order valence-corrected chi connectivity index (χ2v) is 9.07. The Morgan fingerprint density at radius 3 is 2.65 bits per heavy atom. The molecule has 3 rings (SSSR count). The highest BCUT2D eigenvalue weighted by atomic mass is 32.2. The van der Waals surface area contributed by atoms with E-state index in [0.29, 0.717) is 31.6 Å². The number of hydrogen-bond acceptors (Lipinski definition) is 6. The van der Waals surface area contributed by atoms with E-state index in [2.05, 4.69) is 0 Å². The fraction of sp³-hybridized carbons (Fsp3) is 0.412. The number of nitrogens with zero attached hydrogens (tertiary/aromatic N) is 2. The summed E-state index contributed by atoms with van der Waals surface area (Å²) in [6, 6.07) is 7.56. The lowest BCUT2D eigenvalue weighted by Gasteiger charge is -2.33. The van der Waals surface area contributed by atoms with Crippen LogP contribution in [0.4, 0.5) is 5.69 Å². The number of thiophene rings is 1. The molecule has 1 aromatic carbocycles. The first-order chi connectivity index (χ1) is 12.4. The first kappa shape index (κ1) is 19.0. The van der Waals surface area contributed by atoms with E-state index >= 15 is 0 Å². The summed E-state index contributed by atoms with van der Waals surface area (Å²) in [4.78, 5) is 11.5. The number of nitro groups is 1. The van der Waals surface area contributed by atoms with Crippen molar-refractivity contribution in [3.8, 4) is 0 Å². The molecule has 0 radical (unpaired) electrons. The van der Waals surface area contributed by atoms with Crippen molar-refractivity contribution < 1.29 is 18.1 Å². The van der Waals surface area contributed by atoms with Crippen LogP contribution in [0.5, 0.6) is 0 Å². The summed E-state index contributed by atoms with van der Waals surface area (Å²) in [5, 5.41) is 13.0. The summed E-state index contributed by atoms with van der Waals surface area (Å²) in [5.74, 6) is 0. The molecule has 7 nitrogen and oxygen atoms in total. The van der Waals surface area contributed by atoms with Crippen molar-refractivity contribution in [3.63, 3.8) is 0 Å². The number of benzene rings is 1. The average Bonchev–Trinajstić information content (AvgIpc) is 3.13. The minimum atomic E-state index is -3.88. The van der Waals surface area contributed by atoms with Gasteiger partial charge in [0.2, 0.25) is 10.0 Å². The van der Waals surface area contributed by atoms with Crippen LogP contribution in [0.2, 0.25) is 0 Å². The number of nitro benzene ring substituents is 1. The molecule has 1 saturated heterocycles. The van der Waals surface area contributed by atoms with Gasteiger partial charge >= 0.3 is 0 Å². The van der Waals surface area contributed by atoms with Gasteiger partial charge in [0, 0.05) is 42.8 Å². The van der Waals surface area contributed by atoms with E-state index in [4.69, 9.17) is 4.74 Å². The Balaban J connectivity index is 2.03. The average molecular weight is 396 g/mol. The fourth-order valence-electron chi connectivity index (χ4n) is 3.05. The minimum Gasteiger partial charge on any atom is -0.381 e. The Hall–Kier alpha value is -1.81. The number of sulfonamides is 1. The van der Waals surface area contributed by atoms with Crippen molar-refractivity contribution in [1.82, 2.24) is 4.31 Å². The van der Waals surface area contributed by atoms with Crippen LogP contribution in [0, 0.1) is 17.0 Å². The van der Waals surface area contributed by atoms with Crippen molar-refractivity contribution in [1.29, 1.82) is 0 Å². The summed E-state index contributed by atoms with van der Waals surface area (Å²) in [5.41, 5.74) is 0.274. The van der Waals surface area contributed by atoms with E-state index < -0.39 is 14.9 Å². The maximum Gasteiger partial charge on any atom is 0.270 e. The van der Waals surface area contributed by atoms with Gasteiger partial charge in [-0.05, 0) is 36.8 Å². The van der Waals surface area contributed by atoms with E-state index in [1.165, 1.54) is 27.8 Å². The molecule has 26 heavy (non-hydrogen) atoms. The van der Waals surface area contributed by atoms with Crippen molar-refractivity contribution in [2.75, 3.05) is 13.2 Å². The number of rotatable bonds is 6. The summed E-state index contributed by atoms with van der Waals surface area (Å²) in [6.45, 7) is 2.93. The van der Waals surface area contributed by atoms with Gasteiger partial charge in [-0.1, -0.05) is 12.1 Å². The molecule has 1 aromatic heterocycles. The van der Waals surface area contributed by atoms with Crippen LogP contribution in [0.15, 0.2) is 40.6 Å². The Bertz CT molecular complexity index is 875. The predicted molar refractivity (Wildman–Crippen MR) is 98.7 cm³/mol. The van der Waals surface area contributed by atoms with Crippen molar-refractivity contribution in [3.05, 3.63) is 56.3 Å². The van der Waals surface area contributed by atoms with Gasteiger partial charge in [0.1, 0.15) is 0 Å². The molecular formula is C17H20N2O5S2. The molecule has 0 unspecified atom stereocenters. The van der Waals surface area contributed by atoms with Crippen LogP contribution >= 0.6 is 11.3 Å². The zero-order chi connectivity index (χ0) is 18.7. The molecular weight excluding hydrogens is 376 g/mol. The maximum absolute atomic E-state index is 13.4. The molecule has 1 aliphatic rings. The molecule has 140 valence electrons. The lowest BCUT2D eigenvalue weighted by Crippen LogP contribution is -2.43. The van der Waals surface area contributed by atoms with Gasteiger partial charge in [0.05, 0.1) is 9.82 Å². The lowest BCUT2D eigenvalue weighted by atomic mass is 10.1. The number of non-ortho nitro benzene ring substituents is 1. The van der Waals surface area contributed by atoms with Crippen molar-refractivity contribution in [2.24, 2.45) is 0 Å². The molecule has 0 bridgehead atoms. The van der Waals surface area contributed by atoms with Crippen LogP contribution in [0.25, 0.3) is 0 Å². The summed E-state index contributed by atoms with van der Waals surface area (Å²) < 4.78 is 33.7. The Labute approximate surface area is 156 Å². The van der Waals surface area contributed by atoms with Crippen LogP contribution in [-0.4, -0.2) is 36.9 Å². The molecule has 0 atom stereocenters. The van der Waals surface area contributed by atoms with Crippen LogP contribution in [0.3, 0.4) is 0 Å². The van der Waals surface area contributed by atoms with Crippen molar-refractivity contribution >= 4 is 27.0 Å². The fourth-order valence-corrected chi connectivity index (χ4v) is 5.74. The number of aryl methyl sites for hydroxylation is 1. The molecule has 2 heterocycles. The third-order valence-corrected chi connectivity index (χ3v) is 7.36. The van der Waals surface area contributed by atoms with Gasteiger partial charge in [-0.2, -0.15) is 4.31 Å². The first-order valence-corrected chi connectivity index (χ1v) is 10.6. The molecule has 2 aromatic rings. The van der Waals surface area contributed by atoms with Crippen LogP contribution in [0.1, 0.15) is 23.3 Å². The van der Waals surface area contributed by atoms with Gasteiger partial charge in [-0.25, -0.2) is 8.42 Å². The quantitative estimate of drug-likeness (QED) is 0.552. The molecule has 0 spiro atoms. The van der Waals surface area contributed by atoms with E-state index in [1.54, 1.807) is 6.92 Å². The Kier molecular flexibility index (Phi) is 5.71. The highest BCUT2D eigenvalue weighted by molar-refractivity contribution is 7.89. The largest absolute Gasteiger partial charge is 0.381 e. The van der Waals surface area contributed by atoms with Gasteiger partial charge in [0.25, 0.3) is 5.69 Å². The molecule has 0 aliphatic carbocycles. The highest BCUT2D eigenvalue weighted by Gasteiger charge is 2.34. The third kappa shape index (κ3) is 3.96. The van der Waals surface area contributed by atoms with E-state index in [1.807, 2.05) is 17.5 Å². The molecule has 0 amide bonds. The van der Waals surface area contributed by atoms with Crippen molar-refractivity contribution in [2.45, 2.75) is 37.2 Å². The molecule has 0 N–H and O–H groups in total. The van der Waals surface area contributed by atoms with Crippen LogP contribution in [-0.2, 0) is 21.3 Å². The minimum absolute atomic E-state index is 0.00486. The Morgan fingerprint density at radius 2 is 2.04 bits per heavy atom. The standard InChI is InChI=1S/C17H20N2O5S2/c1-13-4-5-15(19(20)21)11-17(13)26(22,23)18(12-16-3-2-10-25-16)14-6-8-24-9-7-14/h2-5,10-11,14H,6-9,12H2,1H3. The Morgan fingerprint density at radius 1 is 1.31 bits per heavy atom. The third-order valence-electron chi connectivity index (χ3n) is 4.46. The normalized spacial score (nSPS) is 16.1. The summed E-state index contributed by atoms with van der Waals surface area (Å²) in [6.07, 6.45) is 1.22. The maximum atomic E-state index is 13.4. The predicted octanol–water partition coefficient (Wildman–Crippen LogP) is 3.33. The smallest absolute Gasteiger partial charge is 0.270 e. The molecule has 9 heteroatoms. The zero-order valence-electron chi connectivity index (χ0n) is 14.3. The van der Waals surface area contributed by atoms with Gasteiger partial charge in [0.15, 0.2) is 0 Å². The number of hydrogen-bond donors (Lipinski definition) is 0. The second-order valence-electron chi connectivity index (χ2n) is 6.18. The summed E-state index contributed by atoms with van der Waals surface area (Å²) in [7, 11) is -3.88. The number of ether oxygens (including phenoxy) is 1. The monoisotopic (exact) mass is 396 g/mol. The lowest BCUT2D eigenvalue weighted by molar-refractivity contribution is -0.385. The van der Waals surface area contributed by atoms with Gasteiger partial charge in [-0.15, -0.1) is 11.3 Å². The van der Waals surface area contributed by atoms with Crippen LogP contribution < -0.4 is 0 Å². The topological polar surface area (TPSA) is 89.8 Å². The zero-order valence-corrected chi connectivity index (χ0v) is 16.0. The SMILES string of the molecule is Cc1ccc([N+](=O)[O-])cc1S(=O)(=O)N(Cc1cccs1)C1CCOCC1. The molecule has 1 fully saturated rings. The molecule has 0 saturated carbocycles. The van der Waals surface area contributed by atoms with E-state index in [9.17, 15) is 18.5 Å². The van der Waals surface area contributed by atoms with Gasteiger partial charge in [-0.3, -0.25) is 10.1 Å². The first-order valence-electron chi connectivity index (χ1n) is 8.26. The van der Waals surface area contributed by atoms with E-state index in [0.717, 1.165) is 10.9 Å². The molecule has 1 aliphatic heterocycles. The second kappa shape index (κ2) is 7.83.